The minimum atomic E-state index is -3.94. The van der Waals surface area contributed by atoms with Gasteiger partial charge in [-0.25, -0.2) is 4.98 Å². The molecule has 0 spiro atoms. The predicted molar refractivity (Wildman–Crippen MR) is 237 cm³/mol. The molecule has 0 aliphatic carbocycles. The second-order valence-corrected chi connectivity index (χ2v) is 13.5. The Morgan fingerprint density at radius 3 is 1.96 bits per heavy atom. The number of pyridine rings is 1. The summed E-state index contributed by atoms with van der Waals surface area (Å²) in [4.78, 5) is 9.52. The normalized spacial score (nSPS) is 17.3. The van der Waals surface area contributed by atoms with Crippen LogP contribution in [0.25, 0.3) is 83.9 Å². The van der Waals surface area contributed by atoms with Crippen LogP contribution in [0.15, 0.2) is 182 Å². The highest BCUT2D eigenvalue weighted by Crippen LogP contribution is 2.40. The summed E-state index contributed by atoms with van der Waals surface area (Å²) in [6.45, 7) is -14.4. The Hall–Kier alpha value is -7.04. The van der Waals surface area contributed by atoms with Crippen molar-refractivity contribution in [2.75, 3.05) is 0 Å². The summed E-state index contributed by atoms with van der Waals surface area (Å²) >= 11 is 0. The number of rotatable bonds is 7. The number of para-hydroxylation sites is 2. The standard InChI is InChI=1S/C53H43N3O/c1-35-28-40(36-14-7-5-8-15-36)33-45(29-35)56-49-20-13-19-46(51(49)55-52(56)47-18-11-12-21-50(47)57)42-30-41(37-16-9-6-10-17-37)31-43(32-42)48-34-39(26-27-54-48)38-22-24-44(25-23-38)53(2,3)4/h5-34,57H,1-4H3/i1D3,2D3,3D3,4D3,22D,23D,24D,25D,26D,27D,34D. The van der Waals surface area contributed by atoms with Gasteiger partial charge in [-0.2, -0.15) is 0 Å². The fourth-order valence-corrected chi connectivity index (χ4v) is 6.90. The van der Waals surface area contributed by atoms with Gasteiger partial charge in [-0.3, -0.25) is 9.55 Å². The molecular weight excluding hydrogens is 695 g/mol. The smallest absolute Gasteiger partial charge is 0.149 e. The van der Waals surface area contributed by atoms with Gasteiger partial charge in [0, 0.05) is 39.4 Å². The number of aromatic hydroxyl groups is 1. The number of phenolic OH excluding ortho intramolecular Hbond substituents is 1. The maximum Gasteiger partial charge on any atom is 0.149 e. The highest BCUT2D eigenvalue weighted by atomic mass is 16.3. The number of imidazole rings is 1. The molecular formula is C53H43N3O. The van der Waals surface area contributed by atoms with Crippen molar-refractivity contribution in [2.45, 2.75) is 32.8 Å². The molecule has 0 saturated carbocycles. The number of fused-ring (bicyclic) bond motifs is 1. The van der Waals surface area contributed by atoms with Gasteiger partial charge in [-0.15, -0.1) is 0 Å². The van der Waals surface area contributed by atoms with Gasteiger partial charge in [0.1, 0.15) is 11.6 Å². The number of phenols is 1. The van der Waals surface area contributed by atoms with Crippen molar-refractivity contribution in [3.05, 3.63) is 193 Å². The minimum Gasteiger partial charge on any atom is -0.507 e. The average molecular weight is 757 g/mol. The zero-order valence-corrected chi connectivity index (χ0v) is 30.1. The van der Waals surface area contributed by atoms with Gasteiger partial charge in [0.15, 0.2) is 0 Å². The van der Waals surface area contributed by atoms with E-state index in [1.165, 1.54) is 6.07 Å². The lowest BCUT2D eigenvalue weighted by Crippen LogP contribution is -2.10. The van der Waals surface area contributed by atoms with Crippen LogP contribution in [0, 0.1) is 6.85 Å². The average Bonchev–Trinajstić information content (AvgIpc) is 3.90. The summed E-state index contributed by atoms with van der Waals surface area (Å²) < 4.78 is 165. The zero-order valence-electron chi connectivity index (χ0n) is 49.1. The summed E-state index contributed by atoms with van der Waals surface area (Å²) in [5.74, 6) is 0.145. The topological polar surface area (TPSA) is 50.9 Å². The van der Waals surface area contributed by atoms with Gasteiger partial charge >= 0.3 is 0 Å². The Bertz CT molecular complexity index is 3690. The van der Waals surface area contributed by atoms with Crippen molar-refractivity contribution in [1.82, 2.24) is 14.5 Å². The third-order valence-electron chi connectivity index (χ3n) is 9.58. The van der Waals surface area contributed by atoms with E-state index in [4.69, 9.17) is 29.7 Å². The first kappa shape index (κ1) is 20.2. The van der Waals surface area contributed by atoms with Crippen LogP contribution in [0.2, 0.25) is 0 Å². The van der Waals surface area contributed by atoms with Gasteiger partial charge in [-0.05, 0) is 123 Å². The van der Waals surface area contributed by atoms with Gasteiger partial charge in [0.05, 0.1) is 31.9 Å². The van der Waals surface area contributed by atoms with Gasteiger partial charge in [0.25, 0.3) is 0 Å². The van der Waals surface area contributed by atoms with Crippen LogP contribution >= 0.6 is 0 Å². The summed E-state index contributed by atoms with van der Waals surface area (Å²) in [7, 11) is 0. The number of benzene rings is 7. The van der Waals surface area contributed by atoms with Gasteiger partial charge < -0.3 is 5.11 Å². The van der Waals surface area contributed by atoms with E-state index in [1.807, 2.05) is 60.7 Å². The number of nitrogens with zero attached hydrogens (tertiary/aromatic N) is 3. The Morgan fingerprint density at radius 1 is 0.579 bits per heavy atom. The van der Waals surface area contributed by atoms with E-state index in [9.17, 15) is 6.48 Å². The van der Waals surface area contributed by atoms with Crippen LogP contribution in [-0.4, -0.2) is 19.6 Å². The first-order chi connectivity index (χ1) is 35.6. The van der Waals surface area contributed by atoms with Crippen molar-refractivity contribution < 1.29 is 31.2 Å². The molecule has 9 rings (SSSR count). The quantitative estimate of drug-likeness (QED) is 0.176. The van der Waals surface area contributed by atoms with Crippen molar-refractivity contribution in [2.24, 2.45) is 0 Å². The van der Waals surface area contributed by atoms with Crippen LogP contribution in [-0.2, 0) is 5.41 Å². The summed E-state index contributed by atoms with van der Waals surface area (Å²) in [6, 6.07) is 33.8. The second-order valence-electron chi connectivity index (χ2n) is 13.5. The summed E-state index contributed by atoms with van der Waals surface area (Å²) in [5.41, 5.74) is -1.72. The summed E-state index contributed by atoms with van der Waals surface area (Å²) in [6.07, 6.45) is -0.780. The highest BCUT2D eigenvalue weighted by Gasteiger charge is 2.21. The van der Waals surface area contributed by atoms with Crippen LogP contribution in [0.3, 0.4) is 0 Å². The predicted octanol–water partition coefficient (Wildman–Crippen LogP) is 13.7. The molecule has 276 valence electrons. The number of aryl methyl sites for hydroxylation is 1. The van der Waals surface area contributed by atoms with Crippen molar-refractivity contribution in [3.8, 4) is 78.6 Å². The number of hydrogen-bond donors (Lipinski definition) is 1. The number of aromatic nitrogens is 3. The van der Waals surface area contributed by atoms with Crippen molar-refractivity contribution >= 4 is 11.0 Å². The van der Waals surface area contributed by atoms with Crippen molar-refractivity contribution in [1.29, 1.82) is 0 Å². The first-order valence-electron chi connectivity index (χ1n) is 27.4. The molecule has 0 amide bonds. The maximum absolute atomic E-state index is 11.4. The van der Waals surface area contributed by atoms with E-state index >= 15 is 0 Å². The molecule has 57 heavy (non-hydrogen) atoms. The van der Waals surface area contributed by atoms with E-state index in [0.29, 0.717) is 50.1 Å². The molecule has 9 aromatic rings. The molecule has 7 aromatic carbocycles. The van der Waals surface area contributed by atoms with E-state index in [0.717, 1.165) is 5.56 Å². The third-order valence-corrected chi connectivity index (χ3v) is 9.58. The summed E-state index contributed by atoms with van der Waals surface area (Å²) in [5, 5.41) is 11.4. The molecule has 2 aromatic heterocycles. The SMILES string of the molecule is [2H]c1nc(-c2cc(-c3ccccc3)cc(-c3cccc4c3nc(-c3ccccc3O)n4-c3cc(-c4ccccc4)cc(C([2H])([2H])[2H])c3)c2)c([2H])c(-c2c([2H])c([2H])c(C(C([2H])([2H])[2H])(C([2H])([2H])[2H])C([2H])([2H])[2H])c([2H])c2[2H])c1[2H]. The lowest BCUT2D eigenvalue weighted by Gasteiger charge is -2.19. The molecule has 1 N–H and O–H groups in total. The van der Waals surface area contributed by atoms with Crippen LogP contribution in [0.5, 0.6) is 5.75 Å². The Morgan fingerprint density at radius 2 is 1.25 bits per heavy atom. The maximum atomic E-state index is 11.4. The lowest BCUT2D eigenvalue weighted by molar-refractivity contribution is 0.477. The molecule has 4 nitrogen and oxygen atoms in total. The van der Waals surface area contributed by atoms with Gasteiger partial charge in [0.2, 0.25) is 0 Å². The Balaban J connectivity index is 1.32. The van der Waals surface area contributed by atoms with E-state index in [2.05, 4.69) is 4.98 Å². The van der Waals surface area contributed by atoms with E-state index in [-0.39, 0.29) is 28.4 Å². The fourth-order valence-electron chi connectivity index (χ4n) is 6.90. The molecule has 0 atom stereocenters. The zero-order chi connectivity index (χ0) is 55.2. The van der Waals surface area contributed by atoms with Gasteiger partial charge in [-0.1, -0.05) is 136 Å². The molecule has 0 aliphatic rings. The molecule has 0 radical (unpaired) electrons. The van der Waals surface area contributed by atoms with Crippen LogP contribution in [0.1, 0.15) is 57.7 Å². The van der Waals surface area contributed by atoms with E-state index < -0.39 is 91.9 Å². The largest absolute Gasteiger partial charge is 0.507 e. The molecule has 0 unspecified atom stereocenters. The van der Waals surface area contributed by atoms with Crippen molar-refractivity contribution in [3.63, 3.8) is 0 Å². The van der Waals surface area contributed by atoms with Crippen LogP contribution in [0.4, 0.5) is 0 Å². The molecule has 0 fully saturated rings. The van der Waals surface area contributed by atoms with Crippen LogP contribution < -0.4 is 0 Å². The highest BCUT2D eigenvalue weighted by molar-refractivity contribution is 5.97. The second kappa shape index (κ2) is 14.6. The Kier molecular flexibility index (Phi) is 5.16. The fraction of sp³-hybridized carbons (Fsp3) is 0.0943. The van der Waals surface area contributed by atoms with E-state index in [1.54, 1.807) is 77.4 Å². The molecule has 0 bridgehead atoms. The molecule has 4 heteroatoms. The molecule has 2 heterocycles. The third kappa shape index (κ3) is 7.03. The number of hydrogen-bond acceptors (Lipinski definition) is 3. The first-order valence-corrected chi connectivity index (χ1v) is 17.9. The minimum absolute atomic E-state index is 0.0506. The monoisotopic (exact) mass is 756 g/mol. The molecule has 0 aliphatic heterocycles. The lowest BCUT2D eigenvalue weighted by atomic mass is 9.86. The molecule has 0 saturated heterocycles. The Labute approximate surface area is 361 Å².